The van der Waals surface area contributed by atoms with Gasteiger partial charge in [-0.25, -0.2) is 9.78 Å². The zero-order valence-corrected chi connectivity index (χ0v) is 15.0. The smallest absolute Gasteiger partial charge is 0.355 e. The van der Waals surface area contributed by atoms with E-state index < -0.39 is 0 Å². The molecule has 0 saturated heterocycles. The van der Waals surface area contributed by atoms with Gasteiger partial charge in [0.25, 0.3) is 0 Å². The Bertz CT molecular complexity index is 928. The number of H-pyrrole nitrogens is 1. The van der Waals surface area contributed by atoms with Crippen LogP contribution in [0.4, 0.5) is 0 Å². The second-order valence-corrected chi connectivity index (χ2v) is 5.84. The minimum absolute atomic E-state index is 0.317. The fourth-order valence-electron chi connectivity index (χ4n) is 2.97. The largest absolute Gasteiger partial charge is 0.481 e. The number of fused-ring (bicyclic) bond motifs is 1. The lowest BCUT2D eigenvalue weighted by Gasteiger charge is -2.10. The van der Waals surface area contributed by atoms with Gasteiger partial charge in [-0.2, -0.15) is 0 Å². The molecule has 5 nitrogen and oxygen atoms in total. The van der Waals surface area contributed by atoms with E-state index in [2.05, 4.69) is 29.0 Å². The molecule has 0 atom stereocenters. The van der Waals surface area contributed by atoms with Gasteiger partial charge in [0.2, 0.25) is 5.88 Å². The summed E-state index contributed by atoms with van der Waals surface area (Å²) in [4.78, 5) is 20.2. The van der Waals surface area contributed by atoms with Gasteiger partial charge >= 0.3 is 5.97 Å². The molecule has 3 rings (SSSR count). The van der Waals surface area contributed by atoms with E-state index in [1.165, 1.54) is 5.56 Å². The Labute approximate surface area is 147 Å². The number of aromatic nitrogens is 2. The lowest BCUT2D eigenvalue weighted by atomic mass is 10.0. The predicted molar refractivity (Wildman–Crippen MR) is 98.2 cm³/mol. The van der Waals surface area contributed by atoms with Crippen molar-refractivity contribution in [2.75, 3.05) is 13.7 Å². The number of carbonyl (C=O) groups excluding carboxylic acids is 1. The SMILES string of the molecule is CCOC(=O)c1[nH]c2ccc(CC)cc2c1-c1ccc(C)nc1OC. The Morgan fingerprint density at radius 1 is 1.20 bits per heavy atom. The molecule has 1 aromatic carbocycles. The Hall–Kier alpha value is -2.82. The minimum Gasteiger partial charge on any atom is -0.481 e. The van der Waals surface area contributed by atoms with E-state index >= 15 is 0 Å². The highest BCUT2D eigenvalue weighted by atomic mass is 16.5. The highest BCUT2D eigenvalue weighted by molar-refractivity contribution is 6.08. The van der Waals surface area contributed by atoms with Crippen LogP contribution in [0, 0.1) is 6.92 Å². The number of aromatic amines is 1. The molecule has 2 heterocycles. The van der Waals surface area contributed by atoms with Gasteiger partial charge in [0, 0.05) is 27.7 Å². The van der Waals surface area contributed by atoms with E-state index in [1.54, 1.807) is 14.0 Å². The van der Waals surface area contributed by atoms with Crippen LogP contribution in [0.1, 0.15) is 35.6 Å². The fraction of sp³-hybridized carbons (Fsp3) is 0.300. The number of hydrogen-bond acceptors (Lipinski definition) is 4. The van der Waals surface area contributed by atoms with Crippen molar-refractivity contribution >= 4 is 16.9 Å². The average Bonchev–Trinajstić information content (AvgIpc) is 3.00. The van der Waals surface area contributed by atoms with Gasteiger partial charge < -0.3 is 14.5 Å². The molecule has 2 aromatic heterocycles. The first-order valence-corrected chi connectivity index (χ1v) is 8.42. The first kappa shape index (κ1) is 17.0. The van der Waals surface area contributed by atoms with E-state index in [4.69, 9.17) is 9.47 Å². The van der Waals surface area contributed by atoms with Crippen LogP contribution >= 0.6 is 0 Å². The van der Waals surface area contributed by atoms with Crippen LogP contribution in [-0.2, 0) is 11.2 Å². The molecule has 0 radical (unpaired) electrons. The second-order valence-electron chi connectivity index (χ2n) is 5.84. The number of esters is 1. The van der Waals surface area contributed by atoms with Crippen molar-refractivity contribution in [3.63, 3.8) is 0 Å². The summed E-state index contributed by atoms with van der Waals surface area (Å²) in [6, 6.07) is 10.0. The third kappa shape index (κ3) is 3.09. The van der Waals surface area contributed by atoms with Gasteiger partial charge in [0.05, 0.1) is 13.7 Å². The third-order valence-electron chi connectivity index (χ3n) is 4.21. The molecule has 0 aliphatic carbocycles. The van der Waals surface area contributed by atoms with Crippen molar-refractivity contribution in [2.24, 2.45) is 0 Å². The number of hydrogen-bond donors (Lipinski definition) is 1. The van der Waals surface area contributed by atoms with E-state index in [1.807, 2.05) is 25.1 Å². The standard InChI is InChI=1S/C20H22N2O3/c1-5-13-8-10-16-15(11-13)17(18(22-16)20(23)25-6-2)14-9-7-12(3)21-19(14)24-4/h7-11,22H,5-6H2,1-4H3. The Morgan fingerprint density at radius 3 is 2.68 bits per heavy atom. The number of ether oxygens (including phenoxy) is 2. The Kier molecular flexibility index (Phi) is 4.74. The van der Waals surface area contributed by atoms with Crippen LogP contribution in [0.15, 0.2) is 30.3 Å². The predicted octanol–water partition coefficient (Wildman–Crippen LogP) is 4.29. The van der Waals surface area contributed by atoms with Gasteiger partial charge in [0.1, 0.15) is 5.69 Å². The number of nitrogens with one attached hydrogen (secondary N) is 1. The normalized spacial score (nSPS) is 10.9. The molecule has 130 valence electrons. The summed E-state index contributed by atoms with van der Waals surface area (Å²) in [6.07, 6.45) is 0.915. The van der Waals surface area contributed by atoms with Crippen LogP contribution in [-0.4, -0.2) is 29.7 Å². The number of rotatable bonds is 5. The molecule has 0 aliphatic heterocycles. The molecule has 0 spiro atoms. The molecule has 0 aliphatic rings. The van der Waals surface area contributed by atoms with Gasteiger partial charge in [-0.1, -0.05) is 13.0 Å². The van der Waals surface area contributed by atoms with Crippen molar-refractivity contribution in [1.29, 1.82) is 0 Å². The van der Waals surface area contributed by atoms with E-state index in [-0.39, 0.29) is 5.97 Å². The van der Waals surface area contributed by atoms with E-state index in [0.717, 1.165) is 34.1 Å². The molecule has 0 saturated carbocycles. The Balaban J connectivity index is 2.33. The zero-order valence-electron chi connectivity index (χ0n) is 15.0. The maximum absolute atomic E-state index is 12.5. The molecular formula is C20H22N2O3. The van der Waals surface area contributed by atoms with Crippen molar-refractivity contribution in [2.45, 2.75) is 27.2 Å². The van der Waals surface area contributed by atoms with E-state index in [9.17, 15) is 4.79 Å². The molecule has 5 heteroatoms. The van der Waals surface area contributed by atoms with Gasteiger partial charge in [0.15, 0.2) is 0 Å². The zero-order chi connectivity index (χ0) is 18.0. The van der Waals surface area contributed by atoms with Crippen molar-refractivity contribution in [3.8, 4) is 17.0 Å². The van der Waals surface area contributed by atoms with Crippen LogP contribution in [0.3, 0.4) is 0 Å². The molecule has 25 heavy (non-hydrogen) atoms. The maximum atomic E-state index is 12.5. The minimum atomic E-state index is -0.380. The van der Waals surface area contributed by atoms with Gasteiger partial charge in [-0.3, -0.25) is 0 Å². The number of methoxy groups -OCH3 is 1. The summed E-state index contributed by atoms with van der Waals surface area (Å²) in [5.41, 5.74) is 4.91. The summed E-state index contributed by atoms with van der Waals surface area (Å²) < 4.78 is 10.7. The molecule has 0 fully saturated rings. The summed E-state index contributed by atoms with van der Waals surface area (Å²) in [5.74, 6) is 0.114. The van der Waals surface area contributed by atoms with Gasteiger partial charge in [-0.15, -0.1) is 0 Å². The third-order valence-corrected chi connectivity index (χ3v) is 4.21. The topological polar surface area (TPSA) is 64.2 Å². The van der Waals surface area contributed by atoms with Crippen LogP contribution < -0.4 is 4.74 Å². The van der Waals surface area contributed by atoms with Crippen LogP contribution in [0.2, 0.25) is 0 Å². The first-order valence-electron chi connectivity index (χ1n) is 8.42. The number of pyridine rings is 1. The van der Waals surface area contributed by atoms with Gasteiger partial charge in [-0.05, 0) is 50.1 Å². The fourth-order valence-corrected chi connectivity index (χ4v) is 2.97. The number of nitrogens with zero attached hydrogens (tertiary/aromatic N) is 1. The molecule has 0 unspecified atom stereocenters. The number of benzene rings is 1. The van der Waals surface area contributed by atoms with Crippen LogP contribution in [0.25, 0.3) is 22.0 Å². The lowest BCUT2D eigenvalue weighted by molar-refractivity contribution is 0.0521. The molecule has 1 N–H and O–H groups in total. The molecular weight excluding hydrogens is 316 g/mol. The van der Waals surface area contributed by atoms with Crippen molar-refractivity contribution in [1.82, 2.24) is 9.97 Å². The lowest BCUT2D eigenvalue weighted by Crippen LogP contribution is -2.07. The molecule has 0 bridgehead atoms. The quantitative estimate of drug-likeness (QED) is 0.705. The first-order chi connectivity index (χ1) is 12.1. The number of aryl methyl sites for hydroxylation is 2. The highest BCUT2D eigenvalue weighted by Gasteiger charge is 2.23. The summed E-state index contributed by atoms with van der Waals surface area (Å²) in [7, 11) is 1.58. The molecule has 3 aromatic rings. The summed E-state index contributed by atoms with van der Waals surface area (Å²) in [5, 5.41) is 0.964. The average molecular weight is 338 g/mol. The highest BCUT2D eigenvalue weighted by Crippen LogP contribution is 2.38. The maximum Gasteiger partial charge on any atom is 0.355 e. The summed E-state index contributed by atoms with van der Waals surface area (Å²) >= 11 is 0. The molecule has 0 amide bonds. The Morgan fingerprint density at radius 2 is 2.00 bits per heavy atom. The monoisotopic (exact) mass is 338 g/mol. The van der Waals surface area contributed by atoms with Crippen molar-refractivity contribution in [3.05, 3.63) is 47.3 Å². The second kappa shape index (κ2) is 6.97. The van der Waals surface area contributed by atoms with Crippen LogP contribution in [0.5, 0.6) is 5.88 Å². The number of carbonyl (C=O) groups is 1. The van der Waals surface area contributed by atoms with Crippen molar-refractivity contribution < 1.29 is 14.3 Å². The summed E-state index contributed by atoms with van der Waals surface area (Å²) in [6.45, 7) is 6.12. The van der Waals surface area contributed by atoms with E-state index in [0.29, 0.717) is 18.2 Å².